The van der Waals surface area contributed by atoms with E-state index in [4.69, 9.17) is 9.47 Å². The van der Waals surface area contributed by atoms with E-state index >= 15 is 0 Å². The Balaban J connectivity index is 1.45. The van der Waals surface area contributed by atoms with E-state index in [9.17, 15) is 5.11 Å². The molecule has 0 aromatic heterocycles. The largest absolute Gasteiger partial charge is 0.492 e. The van der Waals surface area contributed by atoms with Crippen molar-refractivity contribution in [2.24, 2.45) is 11.8 Å². The molecule has 0 amide bonds. The summed E-state index contributed by atoms with van der Waals surface area (Å²) in [6.07, 6.45) is 2.46. The first-order chi connectivity index (χ1) is 10.6. The second-order valence-electron chi connectivity index (χ2n) is 6.84. The maximum Gasteiger partial charge on any atom is 0.123 e. The van der Waals surface area contributed by atoms with E-state index in [1.54, 1.807) is 0 Å². The summed E-state index contributed by atoms with van der Waals surface area (Å²) in [5.74, 6) is 2.66. The molecular formula is C18H27NO3. The van der Waals surface area contributed by atoms with E-state index in [2.05, 4.69) is 4.90 Å². The van der Waals surface area contributed by atoms with Crippen molar-refractivity contribution in [2.75, 3.05) is 26.2 Å². The zero-order valence-electron chi connectivity index (χ0n) is 13.6. The fourth-order valence-electron chi connectivity index (χ4n) is 3.68. The molecule has 1 unspecified atom stereocenters. The monoisotopic (exact) mass is 305 g/mol. The van der Waals surface area contributed by atoms with Gasteiger partial charge < -0.3 is 14.6 Å². The summed E-state index contributed by atoms with van der Waals surface area (Å²) in [5, 5.41) is 10.1. The van der Waals surface area contributed by atoms with Gasteiger partial charge in [0.05, 0.1) is 12.2 Å². The lowest BCUT2D eigenvalue weighted by Gasteiger charge is -2.35. The highest BCUT2D eigenvalue weighted by molar-refractivity contribution is 5.33. The highest BCUT2D eigenvalue weighted by Crippen LogP contribution is 2.36. The van der Waals surface area contributed by atoms with Gasteiger partial charge in [-0.25, -0.2) is 0 Å². The molecule has 1 N–H and O–H groups in total. The van der Waals surface area contributed by atoms with Crippen LogP contribution in [0, 0.1) is 11.8 Å². The number of aliphatic hydroxyl groups is 1. The quantitative estimate of drug-likeness (QED) is 0.877. The van der Waals surface area contributed by atoms with Gasteiger partial charge in [-0.2, -0.15) is 0 Å². The summed E-state index contributed by atoms with van der Waals surface area (Å²) in [4.78, 5) is 2.43. The van der Waals surface area contributed by atoms with Crippen LogP contribution in [0.5, 0.6) is 11.5 Å². The fraction of sp³-hybridized carbons (Fsp3) is 0.667. The zero-order valence-corrected chi connectivity index (χ0v) is 13.6. The van der Waals surface area contributed by atoms with Gasteiger partial charge in [-0.1, -0.05) is 6.07 Å². The van der Waals surface area contributed by atoms with Gasteiger partial charge in [-0.3, -0.25) is 4.90 Å². The molecule has 3 atom stereocenters. The Bertz CT molecular complexity index is 477. The molecular weight excluding hydrogens is 278 g/mol. The number of benzene rings is 1. The molecule has 4 nitrogen and oxygen atoms in total. The maximum atomic E-state index is 10.1. The molecule has 1 saturated carbocycles. The van der Waals surface area contributed by atoms with E-state index in [1.165, 1.54) is 12.8 Å². The Labute approximate surface area is 133 Å². The van der Waals surface area contributed by atoms with Crippen molar-refractivity contribution in [2.45, 2.75) is 38.9 Å². The Morgan fingerprint density at radius 1 is 1.18 bits per heavy atom. The van der Waals surface area contributed by atoms with Crippen molar-refractivity contribution in [3.8, 4) is 11.5 Å². The summed E-state index contributed by atoms with van der Waals surface area (Å²) in [6.45, 7) is 7.67. The van der Waals surface area contributed by atoms with Crippen LogP contribution in [-0.4, -0.2) is 48.5 Å². The topological polar surface area (TPSA) is 41.9 Å². The van der Waals surface area contributed by atoms with Crippen molar-refractivity contribution in [3.63, 3.8) is 0 Å². The van der Waals surface area contributed by atoms with Crippen molar-refractivity contribution >= 4 is 0 Å². The summed E-state index contributed by atoms with van der Waals surface area (Å²) in [5.41, 5.74) is 0. The molecule has 4 heteroatoms. The molecule has 2 aliphatic rings. The van der Waals surface area contributed by atoms with Crippen LogP contribution in [0.15, 0.2) is 24.3 Å². The van der Waals surface area contributed by atoms with Gasteiger partial charge in [0.2, 0.25) is 0 Å². The molecule has 2 fully saturated rings. The van der Waals surface area contributed by atoms with Crippen LogP contribution in [-0.2, 0) is 0 Å². The first kappa shape index (κ1) is 15.6. The average molecular weight is 305 g/mol. The second kappa shape index (κ2) is 6.88. The molecule has 22 heavy (non-hydrogen) atoms. The number of fused-ring (bicyclic) bond motifs is 2. The predicted octanol–water partition coefficient (Wildman–Crippen LogP) is 2.56. The molecule has 1 saturated heterocycles. The van der Waals surface area contributed by atoms with Gasteiger partial charge in [-0.15, -0.1) is 0 Å². The molecule has 3 rings (SSSR count). The maximum absolute atomic E-state index is 10.1. The molecule has 1 aromatic carbocycles. The van der Waals surface area contributed by atoms with Crippen LogP contribution < -0.4 is 9.47 Å². The highest BCUT2D eigenvalue weighted by atomic mass is 16.5. The normalized spacial score (nSPS) is 28.1. The predicted molar refractivity (Wildman–Crippen MR) is 86.4 cm³/mol. The number of hydrogen-bond acceptors (Lipinski definition) is 4. The summed E-state index contributed by atoms with van der Waals surface area (Å²) in [6, 6.07) is 7.83. The number of rotatable bonds is 6. The second-order valence-corrected chi connectivity index (χ2v) is 6.84. The van der Waals surface area contributed by atoms with Crippen molar-refractivity contribution in [1.82, 2.24) is 4.90 Å². The van der Waals surface area contributed by atoms with Crippen molar-refractivity contribution < 1.29 is 14.6 Å². The van der Waals surface area contributed by atoms with Crippen LogP contribution >= 0.6 is 0 Å². The SMILES string of the molecule is CC(C)Oc1cccc(OCCN2C[C@H]3CC[C@@H](C2)C3O)c1. The van der Waals surface area contributed by atoms with Crippen molar-refractivity contribution in [3.05, 3.63) is 24.3 Å². The lowest BCUT2D eigenvalue weighted by Crippen LogP contribution is -2.45. The molecule has 1 aromatic rings. The minimum absolute atomic E-state index is 0.0676. The third kappa shape index (κ3) is 3.73. The van der Waals surface area contributed by atoms with Gasteiger partial charge in [0.1, 0.15) is 18.1 Å². The molecule has 1 heterocycles. The average Bonchev–Trinajstić information content (AvgIpc) is 2.70. The van der Waals surface area contributed by atoms with E-state index in [1.807, 2.05) is 38.1 Å². The van der Waals surface area contributed by atoms with E-state index in [0.717, 1.165) is 31.1 Å². The number of nitrogens with zero attached hydrogens (tertiary/aromatic N) is 1. The molecule has 0 spiro atoms. The fourth-order valence-corrected chi connectivity index (χ4v) is 3.68. The smallest absolute Gasteiger partial charge is 0.123 e. The first-order valence-corrected chi connectivity index (χ1v) is 8.42. The molecule has 1 aliphatic carbocycles. The van der Waals surface area contributed by atoms with Crippen LogP contribution in [0.4, 0.5) is 0 Å². The minimum atomic E-state index is -0.0676. The molecule has 1 aliphatic heterocycles. The van der Waals surface area contributed by atoms with Crippen molar-refractivity contribution in [1.29, 1.82) is 0 Å². The molecule has 2 bridgehead atoms. The van der Waals surface area contributed by atoms with Gasteiger partial charge in [-0.05, 0) is 50.7 Å². The van der Waals surface area contributed by atoms with Gasteiger partial charge >= 0.3 is 0 Å². The lowest BCUT2D eigenvalue weighted by atomic mass is 9.95. The summed E-state index contributed by atoms with van der Waals surface area (Å²) in [7, 11) is 0. The van der Waals surface area contributed by atoms with Crippen LogP contribution in [0.1, 0.15) is 26.7 Å². The van der Waals surface area contributed by atoms with E-state index < -0.39 is 0 Å². The lowest BCUT2D eigenvalue weighted by molar-refractivity contribution is 0.0128. The Kier molecular flexibility index (Phi) is 4.89. The zero-order chi connectivity index (χ0) is 15.5. The van der Waals surface area contributed by atoms with Gasteiger partial charge in [0.15, 0.2) is 0 Å². The van der Waals surface area contributed by atoms with E-state index in [-0.39, 0.29) is 12.2 Å². The number of aliphatic hydroxyl groups excluding tert-OH is 1. The summed E-state index contributed by atoms with van der Waals surface area (Å²) >= 11 is 0. The van der Waals surface area contributed by atoms with Crippen LogP contribution in [0.3, 0.4) is 0 Å². The Morgan fingerprint density at radius 2 is 1.86 bits per heavy atom. The van der Waals surface area contributed by atoms with Crippen LogP contribution in [0.25, 0.3) is 0 Å². The standard InChI is InChI=1S/C18H27NO3/c1-13(2)22-17-5-3-4-16(10-17)21-9-8-19-11-14-6-7-15(12-19)18(14)20/h3-5,10,13-15,18,20H,6-9,11-12H2,1-2H3/t14-,15+,18?. The minimum Gasteiger partial charge on any atom is -0.492 e. The van der Waals surface area contributed by atoms with Gasteiger partial charge in [0.25, 0.3) is 0 Å². The third-order valence-corrected chi connectivity index (χ3v) is 4.71. The number of piperidine rings is 1. The summed E-state index contributed by atoms with van der Waals surface area (Å²) < 4.78 is 11.5. The molecule has 122 valence electrons. The Hall–Kier alpha value is -1.26. The molecule has 0 radical (unpaired) electrons. The highest BCUT2D eigenvalue weighted by Gasteiger charge is 2.40. The number of ether oxygens (including phenoxy) is 2. The third-order valence-electron chi connectivity index (χ3n) is 4.71. The van der Waals surface area contributed by atoms with Crippen LogP contribution in [0.2, 0.25) is 0 Å². The van der Waals surface area contributed by atoms with Gasteiger partial charge in [0, 0.05) is 25.7 Å². The first-order valence-electron chi connectivity index (χ1n) is 8.42. The Morgan fingerprint density at radius 3 is 2.55 bits per heavy atom. The number of likely N-dealkylation sites (tertiary alicyclic amines) is 1. The number of hydrogen-bond donors (Lipinski definition) is 1. The van der Waals surface area contributed by atoms with E-state index in [0.29, 0.717) is 18.4 Å².